The molecule has 1 aliphatic carbocycles. The van der Waals surface area contributed by atoms with Crippen molar-refractivity contribution in [1.29, 1.82) is 0 Å². The van der Waals surface area contributed by atoms with Crippen molar-refractivity contribution in [3.05, 3.63) is 65.2 Å². The summed E-state index contributed by atoms with van der Waals surface area (Å²) in [6.07, 6.45) is 1.68. The minimum Gasteiger partial charge on any atom is -0.497 e. The van der Waals surface area contributed by atoms with Gasteiger partial charge in [-0.25, -0.2) is 0 Å². The summed E-state index contributed by atoms with van der Waals surface area (Å²) in [5.74, 6) is 0.814. The Morgan fingerprint density at radius 1 is 1.06 bits per heavy atom. The maximum Gasteiger partial charge on any atom is 0.118 e. The van der Waals surface area contributed by atoms with Gasteiger partial charge in [0, 0.05) is 0 Å². The van der Waals surface area contributed by atoms with Crippen LogP contribution in [0.1, 0.15) is 23.1 Å². The first kappa shape index (κ1) is 11.3. The maximum atomic E-state index is 10.9. The quantitative estimate of drug-likeness (QED) is 0.874. The highest BCUT2D eigenvalue weighted by Gasteiger charge is 2.37. The molecule has 2 aromatic rings. The fourth-order valence-corrected chi connectivity index (χ4v) is 2.76. The molecular weight excluding hydrogens is 224 g/mol. The molecule has 1 atom stereocenters. The van der Waals surface area contributed by atoms with Crippen LogP contribution in [0.25, 0.3) is 0 Å². The van der Waals surface area contributed by atoms with Gasteiger partial charge in [-0.1, -0.05) is 36.4 Å². The number of methoxy groups -OCH3 is 1. The number of rotatable bonds is 2. The Labute approximate surface area is 107 Å². The zero-order chi connectivity index (χ0) is 12.6. The van der Waals surface area contributed by atoms with Gasteiger partial charge in [0.25, 0.3) is 0 Å². The zero-order valence-electron chi connectivity index (χ0n) is 10.4. The van der Waals surface area contributed by atoms with Crippen molar-refractivity contribution in [2.75, 3.05) is 7.11 Å². The Morgan fingerprint density at radius 2 is 1.78 bits per heavy atom. The van der Waals surface area contributed by atoms with Gasteiger partial charge in [-0.15, -0.1) is 0 Å². The molecule has 0 spiro atoms. The van der Waals surface area contributed by atoms with Gasteiger partial charge >= 0.3 is 0 Å². The highest BCUT2D eigenvalue weighted by Crippen LogP contribution is 2.42. The Bertz CT molecular complexity index is 560. The Balaban J connectivity index is 2.05. The van der Waals surface area contributed by atoms with Crippen molar-refractivity contribution in [3.63, 3.8) is 0 Å². The highest BCUT2D eigenvalue weighted by molar-refractivity contribution is 5.46. The van der Waals surface area contributed by atoms with Gasteiger partial charge in [-0.2, -0.15) is 0 Å². The molecule has 0 saturated carbocycles. The minimum atomic E-state index is -0.844. The fourth-order valence-electron chi connectivity index (χ4n) is 2.76. The molecule has 0 amide bonds. The second-order valence-electron chi connectivity index (χ2n) is 4.75. The summed E-state index contributed by atoms with van der Waals surface area (Å²) in [6.45, 7) is 0. The molecule has 3 rings (SSSR count). The van der Waals surface area contributed by atoms with Crippen LogP contribution in [-0.2, 0) is 12.0 Å². The molecule has 0 saturated heterocycles. The number of hydrogen-bond donors (Lipinski definition) is 1. The molecule has 92 valence electrons. The lowest BCUT2D eigenvalue weighted by molar-refractivity contribution is 0.0829. The third kappa shape index (κ3) is 1.61. The summed E-state index contributed by atoms with van der Waals surface area (Å²) in [4.78, 5) is 0. The normalized spacial score (nSPS) is 21.7. The summed E-state index contributed by atoms with van der Waals surface area (Å²) in [5.41, 5.74) is 2.38. The van der Waals surface area contributed by atoms with Crippen molar-refractivity contribution in [2.45, 2.75) is 18.4 Å². The standard InChI is InChI=1S/C16H16O2/c1-18-14-8-6-13(7-9-14)16(17)11-10-12-4-2-3-5-15(12)16/h2-9,17H,10-11H2,1H3/t16-/m1/s1. The van der Waals surface area contributed by atoms with Crippen LogP contribution in [0.4, 0.5) is 0 Å². The van der Waals surface area contributed by atoms with E-state index in [4.69, 9.17) is 4.74 Å². The third-order valence-corrected chi connectivity index (χ3v) is 3.79. The summed E-state index contributed by atoms with van der Waals surface area (Å²) in [5, 5.41) is 10.9. The number of ether oxygens (including phenoxy) is 1. The number of aliphatic hydroxyl groups is 1. The number of fused-ring (bicyclic) bond motifs is 1. The van der Waals surface area contributed by atoms with Gasteiger partial charge in [0.15, 0.2) is 0 Å². The van der Waals surface area contributed by atoms with E-state index in [2.05, 4.69) is 6.07 Å². The van der Waals surface area contributed by atoms with E-state index in [0.29, 0.717) is 0 Å². The molecule has 0 bridgehead atoms. The predicted molar refractivity (Wildman–Crippen MR) is 70.8 cm³/mol. The van der Waals surface area contributed by atoms with Crippen LogP contribution in [-0.4, -0.2) is 12.2 Å². The molecule has 0 unspecified atom stereocenters. The molecule has 2 heteroatoms. The average molecular weight is 240 g/mol. The molecular formula is C16H16O2. The molecule has 0 aliphatic heterocycles. The van der Waals surface area contributed by atoms with Gasteiger partial charge in [-0.3, -0.25) is 0 Å². The van der Waals surface area contributed by atoms with Crippen molar-refractivity contribution >= 4 is 0 Å². The van der Waals surface area contributed by atoms with Crippen LogP contribution in [0.15, 0.2) is 48.5 Å². The van der Waals surface area contributed by atoms with Crippen LogP contribution in [0.2, 0.25) is 0 Å². The molecule has 0 radical (unpaired) electrons. The first-order valence-electron chi connectivity index (χ1n) is 6.19. The largest absolute Gasteiger partial charge is 0.497 e. The summed E-state index contributed by atoms with van der Waals surface area (Å²) >= 11 is 0. The summed E-state index contributed by atoms with van der Waals surface area (Å²) < 4.78 is 5.15. The van der Waals surface area contributed by atoms with Crippen LogP contribution < -0.4 is 4.74 Å². The first-order valence-corrected chi connectivity index (χ1v) is 6.19. The smallest absolute Gasteiger partial charge is 0.118 e. The molecule has 0 fully saturated rings. The topological polar surface area (TPSA) is 29.5 Å². The SMILES string of the molecule is COc1ccc([C@]2(O)CCc3ccccc32)cc1. The summed E-state index contributed by atoms with van der Waals surface area (Å²) in [7, 11) is 1.65. The lowest BCUT2D eigenvalue weighted by Crippen LogP contribution is -2.23. The van der Waals surface area contributed by atoms with E-state index >= 15 is 0 Å². The van der Waals surface area contributed by atoms with Gasteiger partial charge in [0.1, 0.15) is 11.4 Å². The van der Waals surface area contributed by atoms with E-state index < -0.39 is 5.60 Å². The van der Waals surface area contributed by atoms with E-state index in [0.717, 1.165) is 29.7 Å². The van der Waals surface area contributed by atoms with Crippen molar-refractivity contribution < 1.29 is 9.84 Å². The Kier molecular flexibility index (Phi) is 2.60. The van der Waals surface area contributed by atoms with Crippen LogP contribution >= 0.6 is 0 Å². The zero-order valence-corrected chi connectivity index (χ0v) is 10.4. The average Bonchev–Trinajstić information content (AvgIpc) is 2.78. The van der Waals surface area contributed by atoms with Gasteiger partial charge in [-0.05, 0) is 41.7 Å². The highest BCUT2D eigenvalue weighted by atomic mass is 16.5. The molecule has 18 heavy (non-hydrogen) atoms. The van der Waals surface area contributed by atoms with E-state index in [9.17, 15) is 5.11 Å². The van der Waals surface area contributed by atoms with Crippen LogP contribution in [0.5, 0.6) is 5.75 Å². The number of aryl methyl sites for hydroxylation is 1. The Hall–Kier alpha value is -1.80. The minimum absolute atomic E-state index is 0.749. The van der Waals surface area contributed by atoms with E-state index in [-0.39, 0.29) is 0 Å². The van der Waals surface area contributed by atoms with Gasteiger partial charge < -0.3 is 9.84 Å². The third-order valence-electron chi connectivity index (χ3n) is 3.79. The second-order valence-corrected chi connectivity index (χ2v) is 4.75. The lowest BCUT2D eigenvalue weighted by atomic mass is 9.88. The maximum absolute atomic E-state index is 10.9. The molecule has 1 aliphatic rings. The number of hydrogen-bond acceptors (Lipinski definition) is 2. The second kappa shape index (κ2) is 4.14. The first-order chi connectivity index (χ1) is 8.74. The molecule has 0 heterocycles. The summed E-state index contributed by atoms with van der Waals surface area (Å²) in [6, 6.07) is 15.8. The van der Waals surface area contributed by atoms with E-state index in [1.165, 1.54) is 5.56 Å². The molecule has 2 aromatic carbocycles. The van der Waals surface area contributed by atoms with E-state index in [1.807, 2.05) is 42.5 Å². The van der Waals surface area contributed by atoms with Crippen molar-refractivity contribution in [3.8, 4) is 5.75 Å². The molecule has 1 N–H and O–H groups in total. The van der Waals surface area contributed by atoms with Gasteiger partial charge in [0.2, 0.25) is 0 Å². The lowest BCUT2D eigenvalue weighted by Gasteiger charge is -2.24. The van der Waals surface area contributed by atoms with Crippen molar-refractivity contribution in [2.24, 2.45) is 0 Å². The number of benzene rings is 2. The predicted octanol–water partition coefficient (Wildman–Crippen LogP) is 2.88. The van der Waals surface area contributed by atoms with E-state index in [1.54, 1.807) is 7.11 Å². The van der Waals surface area contributed by atoms with Crippen LogP contribution in [0.3, 0.4) is 0 Å². The van der Waals surface area contributed by atoms with Crippen LogP contribution in [0, 0.1) is 0 Å². The Morgan fingerprint density at radius 3 is 2.50 bits per heavy atom. The monoisotopic (exact) mass is 240 g/mol. The fraction of sp³-hybridized carbons (Fsp3) is 0.250. The van der Waals surface area contributed by atoms with Crippen molar-refractivity contribution in [1.82, 2.24) is 0 Å². The van der Waals surface area contributed by atoms with Gasteiger partial charge in [0.05, 0.1) is 7.11 Å². The molecule has 2 nitrogen and oxygen atoms in total. The molecule has 0 aromatic heterocycles.